The van der Waals surface area contributed by atoms with E-state index in [4.69, 9.17) is 9.84 Å². The SMILES string of the molecule is Cn1nncc1S(=O)(=O)N[C@H](COCc1ccccc1)C(=O)O. The number of rotatable bonds is 8. The topological polar surface area (TPSA) is 123 Å². The van der Waals surface area contributed by atoms with Crippen molar-refractivity contribution in [3.63, 3.8) is 0 Å². The maximum atomic E-state index is 12.1. The number of hydrogen-bond acceptors (Lipinski definition) is 6. The van der Waals surface area contributed by atoms with Crippen LogP contribution in [0.5, 0.6) is 0 Å². The molecule has 0 saturated carbocycles. The van der Waals surface area contributed by atoms with Gasteiger partial charge < -0.3 is 9.84 Å². The first-order chi connectivity index (χ1) is 10.9. The predicted octanol–water partition coefficient (Wildman–Crippen LogP) is -0.237. The van der Waals surface area contributed by atoms with Crippen molar-refractivity contribution in [1.82, 2.24) is 19.7 Å². The van der Waals surface area contributed by atoms with Crippen molar-refractivity contribution in [2.45, 2.75) is 17.7 Å². The number of aryl methyl sites for hydroxylation is 1. The quantitative estimate of drug-likeness (QED) is 0.680. The average Bonchev–Trinajstić information content (AvgIpc) is 2.94. The van der Waals surface area contributed by atoms with Gasteiger partial charge in [0.25, 0.3) is 10.0 Å². The molecule has 0 aliphatic carbocycles. The van der Waals surface area contributed by atoms with Gasteiger partial charge in [-0.1, -0.05) is 35.5 Å². The summed E-state index contributed by atoms with van der Waals surface area (Å²) in [7, 11) is -2.67. The van der Waals surface area contributed by atoms with Gasteiger partial charge in [-0.05, 0) is 5.56 Å². The van der Waals surface area contributed by atoms with E-state index in [1.165, 1.54) is 7.05 Å². The zero-order valence-electron chi connectivity index (χ0n) is 12.3. The first kappa shape index (κ1) is 17.1. The maximum absolute atomic E-state index is 12.1. The van der Waals surface area contributed by atoms with E-state index >= 15 is 0 Å². The summed E-state index contributed by atoms with van der Waals surface area (Å²) in [5.74, 6) is -1.34. The highest BCUT2D eigenvalue weighted by Crippen LogP contribution is 2.07. The van der Waals surface area contributed by atoms with E-state index in [0.29, 0.717) is 0 Å². The molecule has 10 heteroatoms. The van der Waals surface area contributed by atoms with Crippen LogP contribution in [0, 0.1) is 0 Å². The van der Waals surface area contributed by atoms with Gasteiger partial charge in [-0.25, -0.2) is 13.1 Å². The smallest absolute Gasteiger partial charge is 0.324 e. The van der Waals surface area contributed by atoms with Gasteiger partial charge in [-0.15, -0.1) is 5.10 Å². The van der Waals surface area contributed by atoms with Crippen LogP contribution in [0.15, 0.2) is 41.6 Å². The molecule has 0 unspecified atom stereocenters. The second kappa shape index (κ2) is 7.31. The second-order valence-corrected chi connectivity index (χ2v) is 6.37. The number of aliphatic carboxylic acids is 1. The molecular formula is C13H16N4O5S. The van der Waals surface area contributed by atoms with Gasteiger partial charge in [0, 0.05) is 7.05 Å². The van der Waals surface area contributed by atoms with E-state index in [9.17, 15) is 13.2 Å². The number of nitrogens with zero attached hydrogens (tertiary/aromatic N) is 3. The number of benzene rings is 1. The minimum atomic E-state index is -4.06. The molecule has 0 aliphatic heterocycles. The highest BCUT2D eigenvalue weighted by Gasteiger charge is 2.27. The Hall–Kier alpha value is -2.30. The van der Waals surface area contributed by atoms with Gasteiger partial charge in [-0.3, -0.25) is 4.79 Å². The fraction of sp³-hybridized carbons (Fsp3) is 0.308. The molecule has 1 atom stereocenters. The number of aromatic nitrogens is 3. The van der Waals surface area contributed by atoms with Crippen LogP contribution >= 0.6 is 0 Å². The molecule has 0 saturated heterocycles. The Kier molecular flexibility index (Phi) is 5.42. The molecule has 2 rings (SSSR count). The molecule has 0 spiro atoms. The van der Waals surface area contributed by atoms with E-state index in [2.05, 4.69) is 15.0 Å². The number of carbonyl (C=O) groups is 1. The largest absolute Gasteiger partial charge is 0.480 e. The molecule has 0 bridgehead atoms. The van der Waals surface area contributed by atoms with Crippen LogP contribution in [-0.2, 0) is 33.2 Å². The number of ether oxygens (including phenoxy) is 1. The fourth-order valence-corrected chi connectivity index (χ4v) is 3.03. The Balaban J connectivity index is 1.99. The van der Waals surface area contributed by atoms with Gasteiger partial charge in [0.2, 0.25) is 0 Å². The molecule has 124 valence electrons. The number of carboxylic acids is 1. The molecule has 0 radical (unpaired) electrons. The zero-order valence-corrected chi connectivity index (χ0v) is 13.1. The Morgan fingerprint density at radius 3 is 2.65 bits per heavy atom. The summed E-state index contributed by atoms with van der Waals surface area (Å²) in [4.78, 5) is 11.2. The number of carboxylic acid groups (broad SMARTS) is 1. The van der Waals surface area contributed by atoms with Crippen molar-refractivity contribution in [3.8, 4) is 0 Å². The lowest BCUT2D eigenvalue weighted by Gasteiger charge is -2.14. The summed E-state index contributed by atoms with van der Waals surface area (Å²) in [6.07, 6.45) is 1.03. The van der Waals surface area contributed by atoms with Crippen LogP contribution in [0.4, 0.5) is 0 Å². The third-order valence-corrected chi connectivity index (χ3v) is 4.45. The van der Waals surface area contributed by atoms with Gasteiger partial charge in [0.15, 0.2) is 5.03 Å². The van der Waals surface area contributed by atoms with Crippen molar-refractivity contribution < 1.29 is 23.1 Å². The molecule has 23 heavy (non-hydrogen) atoms. The molecule has 1 heterocycles. The second-order valence-electron chi connectivity index (χ2n) is 4.71. The molecule has 0 amide bonds. The Morgan fingerprint density at radius 1 is 1.39 bits per heavy atom. The van der Waals surface area contributed by atoms with Gasteiger partial charge >= 0.3 is 5.97 Å². The first-order valence-corrected chi connectivity index (χ1v) is 8.10. The lowest BCUT2D eigenvalue weighted by Crippen LogP contribution is -2.44. The van der Waals surface area contributed by atoms with Crippen molar-refractivity contribution in [1.29, 1.82) is 0 Å². The molecular weight excluding hydrogens is 324 g/mol. The third-order valence-electron chi connectivity index (χ3n) is 2.94. The van der Waals surface area contributed by atoms with E-state index in [1.54, 1.807) is 0 Å². The van der Waals surface area contributed by atoms with E-state index < -0.39 is 22.0 Å². The van der Waals surface area contributed by atoms with Gasteiger partial charge in [0.05, 0.1) is 19.4 Å². The highest BCUT2D eigenvalue weighted by molar-refractivity contribution is 7.89. The van der Waals surface area contributed by atoms with Crippen LogP contribution in [0.2, 0.25) is 0 Å². The van der Waals surface area contributed by atoms with Crippen molar-refractivity contribution in [3.05, 3.63) is 42.1 Å². The van der Waals surface area contributed by atoms with Crippen LogP contribution in [-0.4, -0.2) is 47.1 Å². The van der Waals surface area contributed by atoms with Crippen molar-refractivity contribution in [2.75, 3.05) is 6.61 Å². The molecule has 2 N–H and O–H groups in total. The normalized spacial score (nSPS) is 12.9. The molecule has 9 nitrogen and oxygen atoms in total. The molecule has 2 aromatic rings. The minimum absolute atomic E-state index is 0.180. The van der Waals surface area contributed by atoms with E-state index in [-0.39, 0.29) is 18.2 Å². The number of hydrogen-bond donors (Lipinski definition) is 2. The van der Waals surface area contributed by atoms with Crippen LogP contribution in [0.25, 0.3) is 0 Å². The third kappa shape index (κ3) is 4.58. The zero-order chi connectivity index (χ0) is 16.9. The lowest BCUT2D eigenvalue weighted by molar-refractivity contribution is -0.140. The minimum Gasteiger partial charge on any atom is -0.480 e. The predicted molar refractivity (Wildman–Crippen MR) is 78.8 cm³/mol. The van der Waals surface area contributed by atoms with E-state index in [1.807, 2.05) is 30.3 Å². The maximum Gasteiger partial charge on any atom is 0.324 e. The van der Waals surface area contributed by atoms with Crippen molar-refractivity contribution in [2.24, 2.45) is 7.05 Å². The summed E-state index contributed by atoms with van der Waals surface area (Å²) in [6.45, 7) is -0.131. The standard InChI is InChI=1S/C13H16N4O5S/c1-17-12(7-14-16-17)23(20,21)15-11(13(18)19)9-22-8-10-5-3-2-4-6-10/h2-7,11,15H,8-9H2,1H3,(H,18,19)/t11-/m1/s1. The summed E-state index contributed by atoms with van der Waals surface area (Å²) in [5.41, 5.74) is 0.857. The fourth-order valence-electron chi connectivity index (χ4n) is 1.80. The summed E-state index contributed by atoms with van der Waals surface area (Å²) < 4.78 is 32.7. The Morgan fingerprint density at radius 2 is 2.09 bits per heavy atom. The van der Waals surface area contributed by atoms with Gasteiger partial charge in [-0.2, -0.15) is 4.72 Å². The van der Waals surface area contributed by atoms with Crippen LogP contribution < -0.4 is 4.72 Å². The van der Waals surface area contributed by atoms with Crippen LogP contribution in [0.1, 0.15) is 5.56 Å². The molecule has 0 fully saturated rings. The summed E-state index contributed by atoms with van der Waals surface area (Å²) >= 11 is 0. The summed E-state index contributed by atoms with van der Waals surface area (Å²) in [6, 6.07) is 7.72. The number of nitrogens with one attached hydrogen (secondary N) is 1. The molecule has 1 aromatic carbocycles. The average molecular weight is 340 g/mol. The molecule has 1 aromatic heterocycles. The highest BCUT2D eigenvalue weighted by atomic mass is 32.2. The monoisotopic (exact) mass is 340 g/mol. The Labute approximate surface area is 132 Å². The molecule has 0 aliphatic rings. The van der Waals surface area contributed by atoms with Crippen LogP contribution in [0.3, 0.4) is 0 Å². The summed E-state index contributed by atoms with van der Waals surface area (Å²) in [5, 5.41) is 15.9. The number of sulfonamides is 1. The Bertz CT molecular complexity index is 760. The van der Waals surface area contributed by atoms with Crippen molar-refractivity contribution >= 4 is 16.0 Å². The van der Waals surface area contributed by atoms with Gasteiger partial charge in [0.1, 0.15) is 6.04 Å². The van der Waals surface area contributed by atoms with E-state index in [0.717, 1.165) is 16.4 Å². The lowest BCUT2D eigenvalue weighted by atomic mass is 10.2. The first-order valence-electron chi connectivity index (χ1n) is 6.61.